The molecule has 5 nitrogen and oxygen atoms in total. The van der Waals surface area contributed by atoms with Gasteiger partial charge in [-0.1, -0.05) is 48.5 Å². The van der Waals surface area contributed by atoms with Crippen molar-refractivity contribution in [3.05, 3.63) is 94.0 Å². The number of aromatic hydroxyl groups is 1. The second kappa shape index (κ2) is 6.52. The molecule has 1 N–H and O–H groups in total. The molecule has 0 bridgehead atoms. The molecule has 0 amide bonds. The van der Waals surface area contributed by atoms with Gasteiger partial charge in [0, 0.05) is 12.5 Å². The van der Waals surface area contributed by atoms with Gasteiger partial charge in [-0.25, -0.2) is 4.79 Å². The second-order valence-electron chi connectivity index (χ2n) is 6.26. The Labute approximate surface area is 150 Å². The number of nitrogens with zero attached hydrogens (tertiary/aromatic N) is 2. The van der Waals surface area contributed by atoms with Gasteiger partial charge < -0.3 is 9.52 Å². The molecule has 4 rings (SSSR count). The maximum absolute atomic E-state index is 12.3. The smallest absolute Gasteiger partial charge is 0.348 e. The molecule has 0 fully saturated rings. The van der Waals surface area contributed by atoms with Gasteiger partial charge in [-0.15, -0.1) is 0 Å². The Hall–Kier alpha value is -3.34. The fourth-order valence-corrected chi connectivity index (χ4v) is 3.28. The summed E-state index contributed by atoms with van der Waals surface area (Å²) in [4.78, 5) is 12.3. The summed E-state index contributed by atoms with van der Waals surface area (Å²) in [5.74, 6) is 0.272. The summed E-state index contributed by atoms with van der Waals surface area (Å²) >= 11 is 0. The lowest BCUT2D eigenvalue weighted by Crippen LogP contribution is -2.18. The summed E-state index contributed by atoms with van der Waals surface area (Å²) in [5.41, 5.74) is 2.10. The van der Waals surface area contributed by atoms with Gasteiger partial charge in [0.1, 0.15) is 17.1 Å². The highest BCUT2D eigenvalue weighted by molar-refractivity contribution is 6.04. The van der Waals surface area contributed by atoms with Crippen LogP contribution in [-0.4, -0.2) is 10.8 Å². The number of aryl methyl sites for hydroxylation is 1. The zero-order valence-electron chi connectivity index (χ0n) is 14.3. The number of hydrogen-bond donors (Lipinski definition) is 1. The van der Waals surface area contributed by atoms with Crippen LogP contribution in [0.3, 0.4) is 0 Å². The number of hydrogen-bond acceptors (Lipinski definition) is 5. The fourth-order valence-electron chi connectivity index (χ4n) is 3.28. The molecule has 0 aliphatic carbocycles. The Morgan fingerprint density at radius 1 is 1.08 bits per heavy atom. The molecule has 1 unspecified atom stereocenters. The summed E-state index contributed by atoms with van der Waals surface area (Å²) in [5, 5.41) is 16.8. The van der Waals surface area contributed by atoms with Gasteiger partial charge in [-0.3, -0.25) is 5.01 Å². The molecule has 0 spiro atoms. The van der Waals surface area contributed by atoms with E-state index in [1.54, 1.807) is 6.92 Å². The first-order valence-electron chi connectivity index (χ1n) is 8.44. The minimum atomic E-state index is -0.567. The summed E-state index contributed by atoms with van der Waals surface area (Å²) in [6, 6.07) is 21.2. The van der Waals surface area contributed by atoms with Gasteiger partial charge in [0.05, 0.1) is 17.4 Å². The van der Waals surface area contributed by atoms with E-state index in [1.807, 2.05) is 65.7 Å². The van der Waals surface area contributed by atoms with Crippen LogP contribution in [0.5, 0.6) is 5.75 Å². The van der Waals surface area contributed by atoms with E-state index in [4.69, 9.17) is 4.42 Å². The predicted molar refractivity (Wildman–Crippen MR) is 101 cm³/mol. The van der Waals surface area contributed by atoms with E-state index in [-0.39, 0.29) is 17.4 Å². The SMILES string of the molecule is Cc1cc(O)c(C2=NN(c3ccccc3)C(c3ccccc3)C2)c(=O)o1. The van der Waals surface area contributed by atoms with E-state index in [0.29, 0.717) is 17.9 Å². The molecule has 2 heterocycles. The minimum Gasteiger partial charge on any atom is -0.507 e. The van der Waals surface area contributed by atoms with E-state index in [2.05, 4.69) is 5.10 Å². The normalized spacial score (nSPS) is 16.6. The van der Waals surface area contributed by atoms with E-state index >= 15 is 0 Å². The third-order valence-corrected chi connectivity index (χ3v) is 4.46. The molecular formula is C21H18N2O3. The minimum absolute atomic E-state index is 0.0614. The van der Waals surface area contributed by atoms with Crippen LogP contribution < -0.4 is 10.6 Å². The number of anilines is 1. The highest BCUT2D eigenvalue weighted by Crippen LogP contribution is 2.37. The third kappa shape index (κ3) is 2.88. The molecule has 1 aliphatic heterocycles. The van der Waals surface area contributed by atoms with Crippen LogP contribution in [0.2, 0.25) is 0 Å². The Morgan fingerprint density at radius 3 is 2.38 bits per heavy atom. The molecule has 5 heteroatoms. The molecule has 0 saturated heterocycles. The van der Waals surface area contributed by atoms with Gasteiger partial charge in [-0.2, -0.15) is 5.10 Å². The molecule has 0 saturated carbocycles. The zero-order valence-corrected chi connectivity index (χ0v) is 14.3. The number of benzene rings is 2. The van der Waals surface area contributed by atoms with Crippen molar-refractivity contribution in [2.45, 2.75) is 19.4 Å². The summed E-state index contributed by atoms with van der Waals surface area (Å²) in [6.45, 7) is 1.63. The maximum Gasteiger partial charge on any atom is 0.348 e. The highest BCUT2D eigenvalue weighted by atomic mass is 16.4. The Balaban J connectivity index is 1.82. The Kier molecular flexibility index (Phi) is 4.05. The first kappa shape index (κ1) is 16.1. The largest absolute Gasteiger partial charge is 0.507 e. The molecule has 2 aromatic carbocycles. The van der Waals surface area contributed by atoms with E-state index < -0.39 is 5.63 Å². The van der Waals surface area contributed by atoms with E-state index in [0.717, 1.165) is 11.3 Å². The first-order chi connectivity index (χ1) is 12.6. The van der Waals surface area contributed by atoms with Crippen molar-refractivity contribution < 1.29 is 9.52 Å². The molecule has 26 heavy (non-hydrogen) atoms. The molecule has 1 aromatic heterocycles. The summed E-state index contributed by atoms with van der Waals surface area (Å²) < 4.78 is 5.17. The fraction of sp³-hybridized carbons (Fsp3) is 0.143. The van der Waals surface area contributed by atoms with Crippen LogP contribution in [0.4, 0.5) is 5.69 Å². The molecule has 130 valence electrons. The van der Waals surface area contributed by atoms with E-state index in [9.17, 15) is 9.90 Å². The van der Waals surface area contributed by atoms with Crippen molar-refractivity contribution in [1.82, 2.24) is 0 Å². The predicted octanol–water partition coefficient (Wildman–Crippen LogP) is 4.01. The third-order valence-electron chi connectivity index (χ3n) is 4.46. The van der Waals surface area contributed by atoms with Gasteiger partial charge >= 0.3 is 5.63 Å². The standard InChI is InChI=1S/C21H18N2O3/c1-14-12-19(24)20(21(25)26-14)17-13-18(15-8-4-2-5-9-15)23(22-17)16-10-6-3-7-11-16/h2-12,18,24H,13H2,1H3. The number of hydrazone groups is 1. The van der Waals surface area contributed by atoms with Crippen LogP contribution in [-0.2, 0) is 0 Å². The molecule has 0 radical (unpaired) electrons. The zero-order chi connectivity index (χ0) is 18.1. The lowest BCUT2D eigenvalue weighted by atomic mass is 9.98. The summed E-state index contributed by atoms with van der Waals surface area (Å²) in [6.07, 6.45) is 0.500. The van der Waals surface area contributed by atoms with Gasteiger partial charge in [0.2, 0.25) is 0 Å². The monoisotopic (exact) mass is 346 g/mol. The van der Waals surface area contributed by atoms with Crippen molar-refractivity contribution in [2.75, 3.05) is 5.01 Å². The summed E-state index contributed by atoms with van der Waals surface area (Å²) in [7, 11) is 0. The van der Waals surface area contributed by atoms with Crippen LogP contribution in [0.25, 0.3) is 0 Å². The molecule has 3 aromatic rings. The first-order valence-corrected chi connectivity index (χ1v) is 8.44. The van der Waals surface area contributed by atoms with Gasteiger partial charge in [0.15, 0.2) is 0 Å². The average Bonchev–Trinajstić information content (AvgIpc) is 3.07. The van der Waals surface area contributed by atoms with Crippen molar-refractivity contribution in [3.8, 4) is 5.75 Å². The van der Waals surface area contributed by atoms with E-state index in [1.165, 1.54) is 6.07 Å². The lowest BCUT2D eigenvalue weighted by Gasteiger charge is -2.23. The van der Waals surface area contributed by atoms with Gasteiger partial charge in [-0.05, 0) is 24.6 Å². The van der Waals surface area contributed by atoms with Crippen LogP contribution >= 0.6 is 0 Å². The van der Waals surface area contributed by atoms with Crippen LogP contribution in [0.1, 0.15) is 29.3 Å². The Bertz CT molecular complexity index is 1010. The van der Waals surface area contributed by atoms with Crippen molar-refractivity contribution in [3.63, 3.8) is 0 Å². The second-order valence-corrected chi connectivity index (χ2v) is 6.26. The van der Waals surface area contributed by atoms with Crippen LogP contribution in [0.15, 0.2) is 81.0 Å². The molecular weight excluding hydrogens is 328 g/mol. The molecule has 1 aliphatic rings. The lowest BCUT2D eigenvalue weighted by molar-refractivity contribution is 0.432. The van der Waals surface area contributed by atoms with Crippen molar-refractivity contribution >= 4 is 11.4 Å². The average molecular weight is 346 g/mol. The highest BCUT2D eigenvalue weighted by Gasteiger charge is 2.32. The number of rotatable bonds is 3. The number of para-hydroxylation sites is 1. The van der Waals surface area contributed by atoms with Crippen molar-refractivity contribution in [2.24, 2.45) is 5.10 Å². The molecule has 1 atom stereocenters. The topological polar surface area (TPSA) is 66.0 Å². The Morgan fingerprint density at radius 2 is 1.73 bits per heavy atom. The van der Waals surface area contributed by atoms with Crippen LogP contribution in [0, 0.1) is 6.92 Å². The van der Waals surface area contributed by atoms with Crippen molar-refractivity contribution in [1.29, 1.82) is 0 Å². The maximum atomic E-state index is 12.3. The van der Waals surface area contributed by atoms with Gasteiger partial charge in [0.25, 0.3) is 0 Å². The quantitative estimate of drug-likeness (QED) is 0.778.